The van der Waals surface area contributed by atoms with Gasteiger partial charge in [0.25, 0.3) is 5.91 Å². The van der Waals surface area contributed by atoms with Crippen LogP contribution in [0.3, 0.4) is 0 Å². The van der Waals surface area contributed by atoms with Crippen LogP contribution in [0.25, 0.3) is 0 Å². The summed E-state index contributed by atoms with van der Waals surface area (Å²) >= 11 is 0. The lowest BCUT2D eigenvalue weighted by Gasteiger charge is -2.35. The molecule has 1 unspecified atom stereocenters. The van der Waals surface area contributed by atoms with Gasteiger partial charge in [-0.2, -0.15) is 0 Å². The molecule has 138 valence electrons. The second-order valence-corrected chi connectivity index (χ2v) is 7.19. The lowest BCUT2D eigenvalue weighted by Crippen LogP contribution is -2.43. The molecule has 1 atom stereocenters. The van der Waals surface area contributed by atoms with Crippen molar-refractivity contribution in [1.82, 2.24) is 20.1 Å². The highest BCUT2D eigenvalue weighted by molar-refractivity contribution is 5.94. The van der Waals surface area contributed by atoms with Crippen LogP contribution in [0.1, 0.15) is 55.3 Å². The van der Waals surface area contributed by atoms with Gasteiger partial charge in [0.1, 0.15) is 0 Å². The third-order valence-electron chi connectivity index (χ3n) is 5.35. The van der Waals surface area contributed by atoms with Crippen LogP contribution in [0.5, 0.6) is 0 Å². The molecule has 0 saturated carbocycles. The van der Waals surface area contributed by atoms with Gasteiger partial charge in [-0.05, 0) is 51.3 Å². The number of amides is 2. The fourth-order valence-electron chi connectivity index (χ4n) is 3.94. The molecule has 2 amide bonds. The fraction of sp³-hybridized carbons (Fsp3) is 0.684. The standard InChI is InChI=1S/C19H30N4O2/c24-18-14-17-6-1-2-10-22(17)11-3-4-12-23(13-5-8-21-18)19(25)16-7-9-20-15-16/h7,9,15,17,20H,1-6,8,10-14H2,(H,21,24). The molecule has 2 aliphatic rings. The number of H-pyrrole nitrogens is 1. The molecule has 6 nitrogen and oxygen atoms in total. The summed E-state index contributed by atoms with van der Waals surface area (Å²) in [7, 11) is 0. The zero-order chi connectivity index (χ0) is 17.5. The molecule has 0 aliphatic carbocycles. The number of hydrogen-bond donors (Lipinski definition) is 2. The molecule has 1 aromatic rings. The minimum Gasteiger partial charge on any atom is -0.367 e. The number of hydrogen-bond acceptors (Lipinski definition) is 3. The largest absolute Gasteiger partial charge is 0.367 e. The molecule has 3 heterocycles. The van der Waals surface area contributed by atoms with Gasteiger partial charge in [-0.15, -0.1) is 0 Å². The first-order valence-electron chi connectivity index (χ1n) is 9.67. The summed E-state index contributed by atoms with van der Waals surface area (Å²) < 4.78 is 0. The van der Waals surface area contributed by atoms with E-state index in [-0.39, 0.29) is 11.8 Å². The molecule has 2 aliphatic heterocycles. The Kier molecular flexibility index (Phi) is 6.50. The van der Waals surface area contributed by atoms with Crippen LogP contribution in [0.4, 0.5) is 0 Å². The Bertz CT molecular complexity index is 558. The minimum absolute atomic E-state index is 0.0818. The van der Waals surface area contributed by atoms with Crippen LogP contribution in [0.15, 0.2) is 18.5 Å². The highest BCUT2D eigenvalue weighted by Gasteiger charge is 2.25. The van der Waals surface area contributed by atoms with Crippen LogP contribution >= 0.6 is 0 Å². The average molecular weight is 346 g/mol. The third kappa shape index (κ3) is 5.08. The van der Waals surface area contributed by atoms with Crippen molar-refractivity contribution in [1.29, 1.82) is 0 Å². The summed E-state index contributed by atoms with van der Waals surface area (Å²) in [6.07, 6.45) is 10.6. The summed E-state index contributed by atoms with van der Waals surface area (Å²) in [5, 5.41) is 3.04. The SMILES string of the molecule is O=C1CC2CCCCN2CCCCN(C(=O)c2cc[nH]c2)CCCN1. The Morgan fingerprint density at radius 1 is 1.04 bits per heavy atom. The van der Waals surface area contributed by atoms with Crippen LogP contribution in [0.2, 0.25) is 0 Å². The van der Waals surface area contributed by atoms with Gasteiger partial charge in [0, 0.05) is 44.5 Å². The first kappa shape index (κ1) is 18.0. The summed E-state index contributed by atoms with van der Waals surface area (Å²) in [5.41, 5.74) is 0.712. The van der Waals surface area contributed by atoms with Crippen molar-refractivity contribution in [2.75, 3.05) is 32.7 Å². The summed E-state index contributed by atoms with van der Waals surface area (Å²) in [5.74, 6) is 0.234. The molecule has 2 saturated heterocycles. The second kappa shape index (κ2) is 9.04. The molecule has 1 aromatic heterocycles. The lowest BCUT2D eigenvalue weighted by atomic mass is 9.98. The number of carbonyl (C=O) groups excluding carboxylic acids is 2. The predicted molar refractivity (Wildman–Crippen MR) is 97.4 cm³/mol. The van der Waals surface area contributed by atoms with Crippen molar-refractivity contribution >= 4 is 11.8 Å². The Morgan fingerprint density at radius 2 is 1.80 bits per heavy atom. The van der Waals surface area contributed by atoms with E-state index in [9.17, 15) is 9.59 Å². The van der Waals surface area contributed by atoms with E-state index in [0.29, 0.717) is 31.1 Å². The Labute approximate surface area is 149 Å². The van der Waals surface area contributed by atoms with E-state index >= 15 is 0 Å². The topological polar surface area (TPSA) is 68.4 Å². The minimum atomic E-state index is 0.0818. The first-order chi connectivity index (χ1) is 12.2. The van der Waals surface area contributed by atoms with Crippen LogP contribution in [-0.4, -0.2) is 65.4 Å². The molecule has 3 rings (SSSR count). The molecule has 6 heteroatoms. The van der Waals surface area contributed by atoms with Gasteiger partial charge in [-0.25, -0.2) is 0 Å². The van der Waals surface area contributed by atoms with Crippen molar-refractivity contribution < 1.29 is 9.59 Å². The van der Waals surface area contributed by atoms with E-state index in [2.05, 4.69) is 15.2 Å². The number of fused-ring (bicyclic) bond motifs is 1. The number of rotatable bonds is 1. The van der Waals surface area contributed by atoms with E-state index in [1.54, 1.807) is 12.4 Å². The van der Waals surface area contributed by atoms with Gasteiger partial charge in [-0.3, -0.25) is 14.5 Å². The molecule has 2 N–H and O–H groups in total. The molecular formula is C19H30N4O2. The van der Waals surface area contributed by atoms with Gasteiger partial charge in [-0.1, -0.05) is 6.42 Å². The number of aromatic amines is 1. The van der Waals surface area contributed by atoms with Gasteiger partial charge < -0.3 is 15.2 Å². The number of carbonyl (C=O) groups is 2. The highest BCUT2D eigenvalue weighted by atomic mass is 16.2. The summed E-state index contributed by atoms with van der Waals surface area (Å²) in [6, 6.07) is 2.22. The van der Waals surface area contributed by atoms with E-state index in [0.717, 1.165) is 45.3 Å². The maximum Gasteiger partial charge on any atom is 0.255 e. The van der Waals surface area contributed by atoms with Crippen LogP contribution < -0.4 is 5.32 Å². The number of piperidine rings is 1. The van der Waals surface area contributed by atoms with Gasteiger partial charge in [0.2, 0.25) is 5.91 Å². The number of aromatic nitrogens is 1. The molecule has 2 fully saturated rings. The van der Waals surface area contributed by atoms with Crippen molar-refractivity contribution in [3.05, 3.63) is 24.0 Å². The zero-order valence-electron chi connectivity index (χ0n) is 15.0. The van der Waals surface area contributed by atoms with E-state index in [1.165, 1.54) is 12.8 Å². The predicted octanol–water partition coefficient (Wildman–Crippen LogP) is 2.00. The molecule has 0 spiro atoms. The maximum atomic E-state index is 12.6. The van der Waals surface area contributed by atoms with Crippen molar-refractivity contribution in [2.24, 2.45) is 0 Å². The van der Waals surface area contributed by atoms with Crippen LogP contribution in [0, 0.1) is 0 Å². The fourth-order valence-corrected chi connectivity index (χ4v) is 3.94. The van der Waals surface area contributed by atoms with E-state index < -0.39 is 0 Å². The van der Waals surface area contributed by atoms with E-state index in [4.69, 9.17) is 0 Å². The van der Waals surface area contributed by atoms with E-state index in [1.807, 2.05) is 11.0 Å². The van der Waals surface area contributed by atoms with Crippen molar-refractivity contribution in [3.8, 4) is 0 Å². The Morgan fingerprint density at radius 3 is 2.60 bits per heavy atom. The lowest BCUT2D eigenvalue weighted by molar-refractivity contribution is -0.122. The molecular weight excluding hydrogens is 316 g/mol. The third-order valence-corrected chi connectivity index (χ3v) is 5.35. The molecule has 0 bridgehead atoms. The highest BCUT2D eigenvalue weighted by Crippen LogP contribution is 2.20. The number of nitrogens with one attached hydrogen (secondary N) is 2. The zero-order valence-corrected chi connectivity index (χ0v) is 15.0. The number of nitrogens with zero attached hydrogens (tertiary/aromatic N) is 2. The first-order valence-corrected chi connectivity index (χ1v) is 9.67. The molecule has 0 radical (unpaired) electrons. The summed E-state index contributed by atoms with van der Waals surface area (Å²) in [6.45, 7) is 4.25. The Hall–Kier alpha value is -1.82. The van der Waals surface area contributed by atoms with Gasteiger partial charge >= 0.3 is 0 Å². The Balaban J connectivity index is 1.61. The monoisotopic (exact) mass is 346 g/mol. The molecule has 25 heavy (non-hydrogen) atoms. The van der Waals surface area contributed by atoms with Crippen LogP contribution in [-0.2, 0) is 4.79 Å². The average Bonchev–Trinajstić information content (AvgIpc) is 3.15. The smallest absolute Gasteiger partial charge is 0.255 e. The quantitative estimate of drug-likeness (QED) is 0.817. The van der Waals surface area contributed by atoms with Crippen molar-refractivity contribution in [3.63, 3.8) is 0 Å². The van der Waals surface area contributed by atoms with Crippen molar-refractivity contribution in [2.45, 2.75) is 51.0 Å². The maximum absolute atomic E-state index is 12.6. The normalized spacial score (nSPS) is 24.4. The van der Waals surface area contributed by atoms with Gasteiger partial charge in [0.05, 0.1) is 5.56 Å². The second-order valence-electron chi connectivity index (χ2n) is 7.19. The summed E-state index contributed by atoms with van der Waals surface area (Å²) in [4.78, 5) is 32.2. The molecule has 0 aromatic carbocycles. The van der Waals surface area contributed by atoms with Gasteiger partial charge in [0.15, 0.2) is 0 Å².